The highest BCUT2D eigenvalue weighted by Gasteiger charge is 2.04. The van der Waals surface area contributed by atoms with Crippen LogP contribution in [0.3, 0.4) is 0 Å². The van der Waals surface area contributed by atoms with E-state index in [1.807, 2.05) is 18.2 Å². The number of nitrogens with zero attached hydrogens (tertiary/aromatic N) is 1. The Labute approximate surface area is 166 Å². The third-order valence-electron chi connectivity index (χ3n) is 4.81. The van der Waals surface area contributed by atoms with Gasteiger partial charge in [-0.3, -0.25) is 0 Å². The SMILES string of the molecule is C(CCCNCc1nc2ccccc2[nH]1)=C(c1ccccc1)c1ccccc1. The lowest BCUT2D eigenvalue weighted by molar-refractivity contribution is 0.639. The number of imidazole rings is 1. The molecule has 0 spiro atoms. The molecule has 0 saturated carbocycles. The largest absolute Gasteiger partial charge is 0.341 e. The molecule has 0 fully saturated rings. The number of H-pyrrole nitrogens is 1. The Bertz CT molecular complexity index is 959. The van der Waals surface area contributed by atoms with Gasteiger partial charge in [-0.15, -0.1) is 0 Å². The van der Waals surface area contributed by atoms with Gasteiger partial charge in [0.1, 0.15) is 5.82 Å². The fraction of sp³-hybridized carbons (Fsp3) is 0.160. The van der Waals surface area contributed by atoms with Gasteiger partial charge in [0.15, 0.2) is 0 Å². The van der Waals surface area contributed by atoms with Gasteiger partial charge in [-0.05, 0) is 48.2 Å². The molecule has 0 aliphatic rings. The number of para-hydroxylation sites is 2. The van der Waals surface area contributed by atoms with Crippen LogP contribution in [0.4, 0.5) is 0 Å². The molecule has 0 atom stereocenters. The lowest BCUT2D eigenvalue weighted by Crippen LogP contribution is -2.15. The highest BCUT2D eigenvalue weighted by atomic mass is 15.0. The molecule has 4 rings (SSSR count). The number of unbranched alkanes of at least 4 members (excludes halogenated alkanes) is 1. The van der Waals surface area contributed by atoms with Crippen molar-refractivity contribution < 1.29 is 0 Å². The number of aromatic nitrogens is 2. The fourth-order valence-electron chi connectivity index (χ4n) is 3.41. The maximum absolute atomic E-state index is 4.61. The van der Waals surface area contributed by atoms with E-state index in [1.54, 1.807) is 0 Å². The molecule has 1 heterocycles. The van der Waals surface area contributed by atoms with E-state index in [1.165, 1.54) is 16.7 Å². The predicted molar refractivity (Wildman–Crippen MR) is 117 cm³/mol. The number of allylic oxidation sites excluding steroid dienone is 1. The van der Waals surface area contributed by atoms with Crippen molar-refractivity contribution in [3.63, 3.8) is 0 Å². The summed E-state index contributed by atoms with van der Waals surface area (Å²) in [6.07, 6.45) is 4.48. The second-order valence-electron chi connectivity index (χ2n) is 6.87. The van der Waals surface area contributed by atoms with E-state index in [2.05, 4.69) is 88.1 Å². The number of aromatic amines is 1. The molecule has 28 heavy (non-hydrogen) atoms. The third kappa shape index (κ3) is 4.56. The summed E-state index contributed by atoms with van der Waals surface area (Å²) < 4.78 is 0. The lowest BCUT2D eigenvalue weighted by atomic mass is 9.96. The number of hydrogen-bond donors (Lipinski definition) is 2. The highest BCUT2D eigenvalue weighted by Crippen LogP contribution is 2.23. The van der Waals surface area contributed by atoms with Crippen LogP contribution in [0.1, 0.15) is 29.8 Å². The Kier molecular flexibility index (Phi) is 5.95. The Hall–Kier alpha value is -3.17. The van der Waals surface area contributed by atoms with Crippen LogP contribution < -0.4 is 5.32 Å². The van der Waals surface area contributed by atoms with Crippen LogP contribution in [0.2, 0.25) is 0 Å². The smallest absolute Gasteiger partial charge is 0.121 e. The van der Waals surface area contributed by atoms with Gasteiger partial charge in [-0.25, -0.2) is 4.98 Å². The molecule has 3 nitrogen and oxygen atoms in total. The number of rotatable bonds is 8. The van der Waals surface area contributed by atoms with Gasteiger partial charge in [0.2, 0.25) is 0 Å². The Morgan fingerprint density at radius 1 is 0.821 bits per heavy atom. The summed E-state index contributed by atoms with van der Waals surface area (Å²) in [6.45, 7) is 1.73. The van der Waals surface area contributed by atoms with E-state index in [0.717, 1.165) is 42.8 Å². The van der Waals surface area contributed by atoms with Gasteiger partial charge in [0.05, 0.1) is 17.6 Å². The average molecular weight is 367 g/mol. The maximum Gasteiger partial charge on any atom is 0.121 e. The third-order valence-corrected chi connectivity index (χ3v) is 4.81. The van der Waals surface area contributed by atoms with E-state index in [0.29, 0.717) is 0 Å². The van der Waals surface area contributed by atoms with Gasteiger partial charge in [0, 0.05) is 0 Å². The Morgan fingerprint density at radius 2 is 1.46 bits per heavy atom. The van der Waals surface area contributed by atoms with Crippen molar-refractivity contribution in [2.75, 3.05) is 6.54 Å². The summed E-state index contributed by atoms with van der Waals surface area (Å²) in [5.41, 5.74) is 5.96. The quantitative estimate of drug-likeness (QED) is 0.400. The van der Waals surface area contributed by atoms with Crippen molar-refractivity contribution in [2.24, 2.45) is 0 Å². The standard InChI is InChI=1S/C25H25N3/c1-3-11-20(12-4-1)22(21-13-5-2-6-14-21)15-9-10-18-26-19-25-27-23-16-7-8-17-24(23)28-25/h1-8,11-17,26H,9-10,18-19H2,(H,27,28). The summed E-state index contributed by atoms with van der Waals surface area (Å²) in [5.74, 6) is 0.992. The van der Waals surface area contributed by atoms with Crippen LogP contribution in [-0.4, -0.2) is 16.5 Å². The zero-order valence-electron chi connectivity index (χ0n) is 15.9. The molecule has 0 aliphatic carbocycles. The van der Waals surface area contributed by atoms with Crippen LogP contribution in [0.5, 0.6) is 0 Å². The van der Waals surface area contributed by atoms with Gasteiger partial charge >= 0.3 is 0 Å². The second-order valence-corrected chi connectivity index (χ2v) is 6.87. The minimum atomic E-state index is 0.766. The van der Waals surface area contributed by atoms with E-state index in [-0.39, 0.29) is 0 Å². The molecule has 0 aliphatic heterocycles. The van der Waals surface area contributed by atoms with Gasteiger partial charge in [-0.2, -0.15) is 0 Å². The number of benzene rings is 3. The maximum atomic E-state index is 4.61. The van der Waals surface area contributed by atoms with Crippen molar-refractivity contribution in [3.8, 4) is 0 Å². The molecule has 140 valence electrons. The lowest BCUT2D eigenvalue weighted by Gasteiger charge is -2.09. The molecule has 0 unspecified atom stereocenters. The molecule has 0 saturated heterocycles. The monoisotopic (exact) mass is 367 g/mol. The van der Waals surface area contributed by atoms with E-state index < -0.39 is 0 Å². The number of nitrogens with one attached hydrogen (secondary N) is 2. The minimum absolute atomic E-state index is 0.766. The molecule has 2 N–H and O–H groups in total. The molecule has 0 radical (unpaired) electrons. The molecule has 0 amide bonds. The first kappa shape index (κ1) is 18.2. The van der Waals surface area contributed by atoms with Gasteiger partial charge in [0.25, 0.3) is 0 Å². The number of hydrogen-bond acceptors (Lipinski definition) is 2. The van der Waals surface area contributed by atoms with Crippen molar-refractivity contribution in [3.05, 3.63) is 108 Å². The van der Waals surface area contributed by atoms with Crippen LogP contribution >= 0.6 is 0 Å². The van der Waals surface area contributed by atoms with Gasteiger partial charge < -0.3 is 10.3 Å². The fourth-order valence-corrected chi connectivity index (χ4v) is 3.41. The van der Waals surface area contributed by atoms with E-state index in [9.17, 15) is 0 Å². The molecular weight excluding hydrogens is 342 g/mol. The van der Waals surface area contributed by atoms with E-state index >= 15 is 0 Å². The first-order valence-electron chi connectivity index (χ1n) is 9.85. The van der Waals surface area contributed by atoms with Crippen molar-refractivity contribution in [1.82, 2.24) is 15.3 Å². The summed E-state index contributed by atoms with van der Waals surface area (Å²) in [6, 6.07) is 29.4. The molecular formula is C25H25N3. The van der Waals surface area contributed by atoms with Crippen LogP contribution in [0, 0.1) is 0 Å². The zero-order chi connectivity index (χ0) is 19.0. The first-order valence-corrected chi connectivity index (χ1v) is 9.85. The first-order chi connectivity index (χ1) is 13.9. The predicted octanol–water partition coefficient (Wildman–Crippen LogP) is 5.56. The zero-order valence-corrected chi connectivity index (χ0v) is 15.9. The van der Waals surface area contributed by atoms with Crippen LogP contribution in [-0.2, 0) is 6.54 Å². The molecule has 3 aromatic carbocycles. The van der Waals surface area contributed by atoms with Crippen LogP contribution in [0.15, 0.2) is 91.0 Å². The Balaban J connectivity index is 1.33. The van der Waals surface area contributed by atoms with E-state index in [4.69, 9.17) is 0 Å². The Morgan fingerprint density at radius 3 is 2.14 bits per heavy atom. The van der Waals surface area contributed by atoms with Crippen molar-refractivity contribution in [2.45, 2.75) is 19.4 Å². The van der Waals surface area contributed by atoms with Gasteiger partial charge in [-0.1, -0.05) is 78.9 Å². The molecule has 1 aromatic heterocycles. The van der Waals surface area contributed by atoms with Crippen molar-refractivity contribution >= 4 is 16.6 Å². The molecule has 3 heteroatoms. The number of fused-ring (bicyclic) bond motifs is 1. The minimum Gasteiger partial charge on any atom is -0.341 e. The summed E-state index contributed by atoms with van der Waals surface area (Å²) in [5, 5.41) is 3.49. The van der Waals surface area contributed by atoms with Crippen LogP contribution in [0.25, 0.3) is 16.6 Å². The summed E-state index contributed by atoms with van der Waals surface area (Å²) >= 11 is 0. The molecule has 4 aromatic rings. The second kappa shape index (κ2) is 9.16. The molecule has 0 bridgehead atoms. The topological polar surface area (TPSA) is 40.7 Å². The highest BCUT2D eigenvalue weighted by molar-refractivity contribution is 5.79. The van der Waals surface area contributed by atoms with Crippen molar-refractivity contribution in [1.29, 1.82) is 0 Å². The normalized spacial score (nSPS) is 10.9. The summed E-state index contributed by atoms with van der Waals surface area (Å²) in [7, 11) is 0. The summed E-state index contributed by atoms with van der Waals surface area (Å²) in [4.78, 5) is 7.97. The average Bonchev–Trinajstić information content (AvgIpc) is 3.17.